The van der Waals surface area contributed by atoms with E-state index in [-0.39, 0.29) is 17.8 Å². The highest BCUT2D eigenvalue weighted by molar-refractivity contribution is 8.15. The number of esters is 1. The molecule has 2 aliphatic rings. The zero-order valence-electron chi connectivity index (χ0n) is 16.4. The molecule has 1 fully saturated rings. The van der Waals surface area contributed by atoms with Gasteiger partial charge < -0.3 is 4.74 Å². The average molecular weight is 407 g/mol. The van der Waals surface area contributed by atoms with E-state index in [1.807, 2.05) is 74.5 Å². The molecule has 0 bridgehead atoms. The standard InChI is InChI=1S/C23H22N2O3S/c1-3-18-21(26)25-20(17-12-8-5-9-13-17)19(15(2)24-23(25)29-18)22(27)28-14-16-10-6-4-7-11-16/h4-13,18,20H,3,14H2,1-2H3/t18-,20-/m1/s1. The summed E-state index contributed by atoms with van der Waals surface area (Å²) < 4.78 is 5.62. The third kappa shape index (κ3) is 3.72. The molecule has 0 aromatic heterocycles. The van der Waals surface area contributed by atoms with Crippen LogP contribution in [-0.2, 0) is 20.9 Å². The molecule has 2 atom stereocenters. The second-order valence-corrected chi connectivity index (χ2v) is 8.16. The molecule has 5 nitrogen and oxygen atoms in total. The number of rotatable bonds is 5. The first-order valence-electron chi connectivity index (χ1n) is 9.65. The first kappa shape index (κ1) is 19.5. The zero-order chi connectivity index (χ0) is 20.4. The zero-order valence-corrected chi connectivity index (χ0v) is 17.2. The van der Waals surface area contributed by atoms with E-state index in [1.54, 1.807) is 4.90 Å². The Morgan fingerprint density at radius 3 is 2.41 bits per heavy atom. The fourth-order valence-electron chi connectivity index (χ4n) is 3.60. The van der Waals surface area contributed by atoms with Crippen LogP contribution >= 0.6 is 11.8 Å². The number of fused-ring (bicyclic) bond motifs is 1. The van der Waals surface area contributed by atoms with Crippen molar-refractivity contribution >= 4 is 28.8 Å². The number of carbonyl (C=O) groups excluding carboxylic acids is 2. The minimum atomic E-state index is -0.525. The molecule has 4 rings (SSSR count). The van der Waals surface area contributed by atoms with Gasteiger partial charge in [0.2, 0.25) is 5.91 Å². The van der Waals surface area contributed by atoms with Crippen LogP contribution in [0.15, 0.2) is 76.9 Å². The van der Waals surface area contributed by atoms with Crippen molar-refractivity contribution in [2.45, 2.75) is 38.2 Å². The molecule has 1 saturated heterocycles. The molecule has 0 N–H and O–H groups in total. The summed E-state index contributed by atoms with van der Waals surface area (Å²) in [5, 5.41) is 0.486. The maximum atomic E-state index is 13.1. The van der Waals surface area contributed by atoms with Gasteiger partial charge in [0.15, 0.2) is 5.17 Å². The van der Waals surface area contributed by atoms with Gasteiger partial charge in [0.25, 0.3) is 0 Å². The minimum absolute atomic E-state index is 0.00837. The van der Waals surface area contributed by atoms with E-state index in [4.69, 9.17) is 4.74 Å². The largest absolute Gasteiger partial charge is 0.457 e. The molecular formula is C23H22N2O3S. The average Bonchev–Trinajstić information content (AvgIpc) is 3.07. The number of nitrogens with zero attached hydrogens (tertiary/aromatic N) is 2. The van der Waals surface area contributed by atoms with Crippen LogP contribution in [0.5, 0.6) is 0 Å². The lowest BCUT2D eigenvalue weighted by Gasteiger charge is -2.33. The van der Waals surface area contributed by atoms with Gasteiger partial charge in [-0.1, -0.05) is 79.3 Å². The van der Waals surface area contributed by atoms with Crippen LogP contribution in [0.1, 0.15) is 37.4 Å². The van der Waals surface area contributed by atoms with E-state index in [0.717, 1.165) is 11.1 Å². The lowest BCUT2D eigenvalue weighted by molar-refractivity contribution is -0.141. The fraction of sp³-hybridized carbons (Fsp3) is 0.261. The van der Waals surface area contributed by atoms with Gasteiger partial charge >= 0.3 is 5.97 Å². The number of aliphatic imine (C=N–C) groups is 1. The fourth-order valence-corrected chi connectivity index (χ4v) is 4.74. The molecule has 148 valence electrons. The molecule has 0 aliphatic carbocycles. The maximum absolute atomic E-state index is 13.1. The molecule has 0 saturated carbocycles. The van der Waals surface area contributed by atoms with Crippen molar-refractivity contribution in [3.8, 4) is 0 Å². The highest BCUT2D eigenvalue weighted by Crippen LogP contribution is 2.43. The lowest BCUT2D eigenvalue weighted by Crippen LogP contribution is -2.40. The van der Waals surface area contributed by atoms with Crippen molar-refractivity contribution in [1.82, 2.24) is 4.90 Å². The number of allylic oxidation sites excluding steroid dienone is 1. The number of hydrogen-bond acceptors (Lipinski definition) is 5. The molecule has 6 heteroatoms. The summed E-state index contributed by atoms with van der Waals surface area (Å²) >= 11 is 1.47. The van der Waals surface area contributed by atoms with Crippen molar-refractivity contribution in [3.63, 3.8) is 0 Å². The Morgan fingerprint density at radius 2 is 1.76 bits per heavy atom. The number of ether oxygens (including phenoxy) is 1. The van der Waals surface area contributed by atoms with Crippen LogP contribution < -0.4 is 0 Å². The Labute approximate surface area is 174 Å². The van der Waals surface area contributed by atoms with Crippen molar-refractivity contribution in [2.24, 2.45) is 4.99 Å². The molecule has 1 amide bonds. The molecule has 2 heterocycles. The summed E-state index contributed by atoms with van der Waals surface area (Å²) in [5.41, 5.74) is 2.80. The Kier molecular flexibility index (Phi) is 5.53. The Bertz CT molecular complexity index is 986. The number of hydrogen-bond donors (Lipinski definition) is 0. The Hall–Kier alpha value is -2.86. The van der Waals surface area contributed by atoms with E-state index in [0.29, 0.717) is 22.9 Å². The molecule has 2 aromatic rings. The molecule has 29 heavy (non-hydrogen) atoms. The number of carbonyl (C=O) groups is 2. The van der Waals surface area contributed by atoms with Crippen LogP contribution in [-0.4, -0.2) is 27.2 Å². The Balaban J connectivity index is 1.69. The number of amidine groups is 1. The SMILES string of the molecule is CC[C@H]1SC2=NC(C)=C(C(=O)OCc3ccccc3)[C@@H](c3ccccc3)N2C1=O. The van der Waals surface area contributed by atoms with E-state index in [2.05, 4.69) is 4.99 Å². The second kappa shape index (κ2) is 8.25. The third-order valence-electron chi connectivity index (χ3n) is 5.07. The summed E-state index contributed by atoms with van der Waals surface area (Å²) in [6.07, 6.45) is 0.716. The van der Waals surface area contributed by atoms with Crippen LogP contribution in [0.4, 0.5) is 0 Å². The summed E-state index contributed by atoms with van der Waals surface area (Å²) in [7, 11) is 0. The topological polar surface area (TPSA) is 59.0 Å². The number of benzene rings is 2. The van der Waals surface area contributed by atoms with Crippen molar-refractivity contribution in [1.29, 1.82) is 0 Å². The Morgan fingerprint density at radius 1 is 1.10 bits per heavy atom. The van der Waals surface area contributed by atoms with Crippen LogP contribution in [0.2, 0.25) is 0 Å². The van der Waals surface area contributed by atoms with E-state index >= 15 is 0 Å². The number of amides is 1. The lowest BCUT2D eigenvalue weighted by atomic mass is 9.94. The van der Waals surface area contributed by atoms with Gasteiger partial charge in [-0.15, -0.1) is 0 Å². The second-order valence-electron chi connectivity index (χ2n) is 6.99. The first-order chi connectivity index (χ1) is 14.1. The molecule has 0 unspecified atom stereocenters. The van der Waals surface area contributed by atoms with Crippen molar-refractivity contribution in [2.75, 3.05) is 0 Å². The van der Waals surface area contributed by atoms with Gasteiger partial charge in [-0.05, 0) is 24.5 Å². The predicted molar refractivity (Wildman–Crippen MR) is 114 cm³/mol. The van der Waals surface area contributed by atoms with E-state index in [9.17, 15) is 9.59 Å². The molecule has 2 aromatic carbocycles. The van der Waals surface area contributed by atoms with Gasteiger partial charge in [0, 0.05) is 0 Å². The van der Waals surface area contributed by atoms with Gasteiger partial charge in [0.1, 0.15) is 6.61 Å². The summed E-state index contributed by atoms with van der Waals surface area (Å²) in [4.78, 5) is 32.4. The molecule has 2 aliphatic heterocycles. The van der Waals surface area contributed by atoms with Crippen molar-refractivity contribution < 1.29 is 14.3 Å². The van der Waals surface area contributed by atoms with E-state index in [1.165, 1.54) is 11.8 Å². The molecule has 0 radical (unpaired) electrons. The quantitative estimate of drug-likeness (QED) is 0.688. The van der Waals surface area contributed by atoms with Gasteiger partial charge in [-0.2, -0.15) is 0 Å². The summed E-state index contributed by atoms with van der Waals surface area (Å²) in [6.45, 7) is 3.97. The van der Waals surface area contributed by atoms with Crippen LogP contribution in [0.25, 0.3) is 0 Å². The third-order valence-corrected chi connectivity index (χ3v) is 6.39. The van der Waals surface area contributed by atoms with E-state index < -0.39 is 12.0 Å². The monoisotopic (exact) mass is 406 g/mol. The molecular weight excluding hydrogens is 384 g/mol. The maximum Gasteiger partial charge on any atom is 0.338 e. The highest BCUT2D eigenvalue weighted by atomic mass is 32.2. The first-order valence-corrected chi connectivity index (χ1v) is 10.5. The van der Waals surface area contributed by atoms with Gasteiger partial charge in [0.05, 0.1) is 22.6 Å². The van der Waals surface area contributed by atoms with Crippen molar-refractivity contribution in [3.05, 3.63) is 83.1 Å². The predicted octanol–water partition coefficient (Wildman–Crippen LogP) is 4.47. The highest BCUT2D eigenvalue weighted by Gasteiger charge is 2.47. The van der Waals surface area contributed by atoms with Gasteiger partial charge in [-0.25, -0.2) is 9.79 Å². The normalized spacial score (nSPS) is 21.1. The number of thioether (sulfide) groups is 1. The van der Waals surface area contributed by atoms with Crippen LogP contribution in [0, 0.1) is 0 Å². The smallest absolute Gasteiger partial charge is 0.338 e. The summed E-state index contributed by atoms with van der Waals surface area (Å²) in [5.74, 6) is -0.452. The molecule has 0 spiro atoms. The minimum Gasteiger partial charge on any atom is -0.457 e. The van der Waals surface area contributed by atoms with Crippen LogP contribution in [0.3, 0.4) is 0 Å². The van der Waals surface area contributed by atoms with Gasteiger partial charge in [-0.3, -0.25) is 9.69 Å². The summed E-state index contributed by atoms with van der Waals surface area (Å²) in [6, 6.07) is 18.6.